The highest BCUT2D eigenvalue weighted by atomic mass is 32.2. The zero-order valence-corrected chi connectivity index (χ0v) is 24.7. The molecule has 0 unspecified atom stereocenters. The van der Waals surface area contributed by atoms with Crippen molar-refractivity contribution in [1.82, 2.24) is 14.9 Å². The zero-order valence-electron chi connectivity index (χ0n) is 23.9. The van der Waals surface area contributed by atoms with E-state index >= 15 is 0 Å². The molecule has 0 aliphatic carbocycles. The average molecular weight is 548 g/mol. The SMILES string of the molecule is CC(C)(C)OC(=O)N1CCC[C@H]1Sc1ncc(-c2ccc(-c3ccc(B4OC(C)(C)C(C)(C)O4)cc3)cc2)[nH]1. The molecule has 1 aromatic heterocycles. The molecule has 206 valence electrons. The molecule has 0 saturated carbocycles. The molecule has 2 fully saturated rings. The fourth-order valence-corrected chi connectivity index (χ4v) is 5.82. The summed E-state index contributed by atoms with van der Waals surface area (Å²) in [5, 5.41) is 0.814. The second kappa shape index (κ2) is 10.3. The van der Waals surface area contributed by atoms with Crippen molar-refractivity contribution < 1.29 is 18.8 Å². The van der Waals surface area contributed by atoms with Crippen LogP contribution < -0.4 is 5.46 Å². The number of H-pyrrole nitrogens is 1. The van der Waals surface area contributed by atoms with E-state index in [2.05, 4.69) is 86.2 Å². The summed E-state index contributed by atoms with van der Waals surface area (Å²) in [5.41, 5.74) is 4.07. The molecule has 1 N–H and O–H groups in total. The van der Waals surface area contributed by atoms with Gasteiger partial charge in [0.05, 0.1) is 28.5 Å². The molecule has 1 atom stereocenters. The third-order valence-electron chi connectivity index (χ3n) is 7.59. The first-order valence-corrected chi connectivity index (χ1v) is 14.5. The molecule has 0 spiro atoms. The Balaban J connectivity index is 1.23. The molecule has 7 nitrogen and oxygen atoms in total. The Morgan fingerprint density at radius 2 is 1.56 bits per heavy atom. The summed E-state index contributed by atoms with van der Waals surface area (Å²) in [4.78, 5) is 22.4. The molecule has 2 saturated heterocycles. The number of nitrogens with zero attached hydrogens (tertiary/aromatic N) is 2. The first-order valence-electron chi connectivity index (χ1n) is 13.6. The normalized spacial score (nSPS) is 20.4. The first kappa shape index (κ1) is 27.8. The number of aromatic nitrogens is 2. The Labute approximate surface area is 236 Å². The fraction of sp³-hybridized carbons (Fsp3) is 0.467. The molecule has 3 aromatic rings. The molecule has 0 radical (unpaired) electrons. The van der Waals surface area contributed by atoms with Gasteiger partial charge in [0.15, 0.2) is 5.16 Å². The number of likely N-dealkylation sites (tertiary alicyclic amines) is 1. The zero-order chi connectivity index (χ0) is 28.0. The number of hydrogen-bond donors (Lipinski definition) is 1. The van der Waals surface area contributed by atoms with E-state index in [0.717, 1.165) is 45.8 Å². The number of hydrogen-bond acceptors (Lipinski definition) is 6. The third kappa shape index (κ3) is 6.05. The van der Waals surface area contributed by atoms with Crippen LogP contribution in [0.5, 0.6) is 0 Å². The van der Waals surface area contributed by atoms with Crippen molar-refractivity contribution in [3.8, 4) is 22.4 Å². The number of rotatable bonds is 5. The van der Waals surface area contributed by atoms with Crippen molar-refractivity contribution in [1.29, 1.82) is 0 Å². The van der Waals surface area contributed by atoms with Gasteiger partial charge >= 0.3 is 13.2 Å². The smallest absolute Gasteiger partial charge is 0.444 e. The van der Waals surface area contributed by atoms with Crippen molar-refractivity contribution in [2.45, 2.75) is 88.6 Å². The maximum atomic E-state index is 12.6. The summed E-state index contributed by atoms with van der Waals surface area (Å²) in [6, 6.07) is 16.8. The van der Waals surface area contributed by atoms with Crippen molar-refractivity contribution in [3.63, 3.8) is 0 Å². The summed E-state index contributed by atoms with van der Waals surface area (Å²) in [6.45, 7) is 14.7. The quantitative estimate of drug-likeness (QED) is 0.368. The highest BCUT2D eigenvalue weighted by Gasteiger charge is 2.51. The fourth-order valence-electron chi connectivity index (χ4n) is 4.68. The molecule has 1 amide bonds. The molecular weight excluding hydrogens is 509 g/mol. The lowest BCUT2D eigenvalue weighted by Crippen LogP contribution is -2.41. The van der Waals surface area contributed by atoms with Gasteiger partial charge in [-0.05, 0) is 83.5 Å². The second-order valence-electron chi connectivity index (χ2n) is 12.3. The summed E-state index contributed by atoms with van der Waals surface area (Å²) >= 11 is 1.58. The Bertz CT molecular complexity index is 1300. The molecule has 9 heteroatoms. The number of imidazole rings is 1. The van der Waals surface area contributed by atoms with E-state index < -0.39 is 5.60 Å². The highest BCUT2D eigenvalue weighted by Crippen LogP contribution is 2.37. The third-order valence-corrected chi connectivity index (χ3v) is 8.78. The number of benzene rings is 2. The van der Waals surface area contributed by atoms with E-state index in [1.165, 1.54) is 0 Å². The number of carbonyl (C=O) groups excluding carboxylic acids is 1. The van der Waals surface area contributed by atoms with Crippen LogP contribution in [0.1, 0.15) is 61.3 Å². The molecule has 2 aliphatic rings. The maximum absolute atomic E-state index is 12.6. The van der Waals surface area contributed by atoms with Crippen LogP contribution >= 0.6 is 11.8 Å². The Morgan fingerprint density at radius 1 is 1.00 bits per heavy atom. The van der Waals surface area contributed by atoms with Gasteiger partial charge in [-0.1, -0.05) is 60.3 Å². The van der Waals surface area contributed by atoms with E-state index in [4.69, 9.17) is 14.0 Å². The Morgan fingerprint density at radius 3 is 2.15 bits per heavy atom. The van der Waals surface area contributed by atoms with Crippen LogP contribution in [0.25, 0.3) is 22.4 Å². The number of nitrogens with one attached hydrogen (secondary N) is 1. The molecule has 2 aromatic carbocycles. The lowest BCUT2D eigenvalue weighted by molar-refractivity contribution is 0.00578. The largest absolute Gasteiger partial charge is 0.494 e. The summed E-state index contributed by atoms with van der Waals surface area (Å²) in [6.07, 6.45) is 3.47. The van der Waals surface area contributed by atoms with Crippen molar-refractivity contribution >= 4 is 30.4 Å². The van der Waals surface area contributed by atoms with Crippen LogP contribution in [0.2, 0.25) is 0 Å². The van der Waals surface area contributed by atoms with Gasteiger partial charge in [-0.2, -0.15) is 0 Å². The summed E-state index contributed by atoms with van der Waals surface area (Å²) in [5.74, 6) is 0. The molecule has 3 heterocycles. The van der Waals surface area contributed by atoms with Crippen LogP contribution in [0.15, 0.2) is 59.9 Å². The Hall–Kier alpha value is -2.75. The van der Waals surface area contributed by atoms with Gasteiger partial charge < -0.3 is 19.0 Å². The van der Waals surface area contributed by atoms with Crippen molar-refractivity contribution in [3.05, 3.63) is 54.7 Å². The lowest BCUT2D eigenvalue weighted by atomic mass is 9.78. The van der Waals surface area contributed by atoms with E-state index in [-0.39, 0.29) is 29.8 Å². The first-order chi connectivity index (χ1) is 18.3. The van der Waals surface area contributed by atoms with E-state index in [0.29, 0.717) is 6.54 Å². The van der Waals surface area contributed by atoms with Gasteiger partial charge in [0.2, 0.25) is 0 Å². The minimum atomic E-state index is -0.506. The predicted octanol–water partition coefficient (Wildman–Crippen LogP) is 6.49. The Kier molecular flexibility index (Phi) is 7.37. The second-order valence-corrected chi connectivity index (χ2v) is 13.4. The van der Waals surface area contributed by atoms with E-state index in [9.17, 15) is 4.79 Å². The summed E-state index contributed by atoms with van der Waals surface area (Å²) < 4.78 is 18.0. The van der Waals surface area contributed by atoms with Gasteiger partial charge in [0, 0.05) is 6.54 Å². The van der Waals surface area contributed by atoms with E-state index in [1.54, 1.807) is 11.8 Å². The van der Waals surface area contributed by atoms with Crippen LogP contribution in [0, 0.1) is 0 Å². The van der Waals surface area contributed by atoms with Gasteiger partial charge in [0.25, 0.3) is 0 Å². The monoisotopic (exact) mass is 547 g/mol. The minimum absolute atomic E-state index is 0.0152. The van der Waals surface area contributed by atoms with Gasteiger partial charge in [0.1, 0.15) is 5.60 Å². The maximum Gasteiger partial charge on any atom is 0.494 e. The minimum Gasteiger partial charge on any atom is -0.444 e. The molecule has 39 heavy (non-hydrogen) atoms. The molecule has 0 bridgehead atoms. The highest BCUT2D eigenvalue weighted by molar-refractivity contribution is 7.99. The number of aromatic amines is 1. The van der Waals surface area contributed by atoms with Gasteiger partial charge in [-0.15, -0.1) is 0 Å². The van der Waals surface area contributed by atoms with Gasteiger partial charge in [-0.25, -0.2) is 9.78 Å². The predicted molar refractivity (Wildman–Crippen MR) is 157 cm³/mol. The number of ether oxygens (including phenoxy) is 1. The van der Waals surface area contributed by atoms with Crippen LogP contribution in [0.3, 0.4) is 0 Å². The molecule has 5 rings (SSSR count). The average Bonchev–Trinajstić information content (AvgIpc) is 3.57. The van der Waals surface area contributed by atoms with Crippen molar-refractivity contribution in [2.75, 3.05) is 6.54 Å². The topological polar surface area (TPSA) is 76.7 Å². The van der Waals surface area contributed by atoms with Crippen LogP contribution in [0.4, 0.5) is 4.79 Å². The summed E-state index contributed by atoms with van der Waals surface area (Å²) in [7, 11) is -0.362. The van der Waals surface area contributed by atoms with Crippen LogP contribution in [-0.2, 0) is 14.0 Å². The van der Waals surface area contributed by atoms with Crippen molar-refractivity contribution in [2.24, 2.45) is 0 Å². The molecular formula is C30H38BN3O4S. The van der Waals surface area contributed by atoms with Gasteiger partial charge in [-0.3, -0.25) is 4.90 Å². The molecule has 2 aliphatic heterocycles. The number of amides is 1. The van der Waals surface area contributed by atoms with Crippen LogP contribution in [-0.4, -0.2) is 56.8 Å². The van der Waals surface area contributed by atoms with E-state index in [1.807, 2.05) is 31.9 Å². The number of thioether (sulfide) groups is 1. The number of carbonyl (C=O) groups is 1. The lowest BCUT2D eigenvalue weighted by Gasteiger charge is -2.32. The standard InChI is InChI=1S/C30H38BN3O4S/c1-28(2,3)36-27(35)34-18-8-9-25(34)39-26-32-19-24(33-26)22-12-10-20(11-13-22)21-14-16-23(17-15-21)31-37-29(4,5)30(6,7)38-31/h10-17,19,25H,8-9,18H2,1-7H3,(H,32,33)/t25-/m1/s1.